The van der Waals surface area contributed by atoms with Crippen molar-refractivity contribution >= 4 is 17.5 Å². The molecule has 0 unspecified atom stereocenters. The van der Waals surface area contributed by atoms with E-state index in [0.717, 1.165) is 14.8 Å². The second-order valence-corrected chi connectivity index (χ2v) is 7.96. The summed E-state index contributed by atoms with van der Waals surface area (Å²) in [6.45, 7) is 2.50. The molecule has 3 rings (SSSR count). The summed E-state index contributed by atoms with van der Waals surface area (Å²) in [6.07, 6.45) is 0. The molecule has 0 fully saturated rings. The highest BCUT2D eigenvalue weighted by Gasteiger charge is 2.20. The number of hydrogen-bond donors (Lipinski definition) is 1. The molecule has 0 saturated heterocycles. The molecule has 32 heavy (non-hydrogen) atoms. The first kappa shape index (κ1) is 23.4. The lowest BCUT2D eigenvalue weighted by Crippen LogP contribution is -2.46. The van der Waals surface area contributed by atoms with E-state index in [1.807, 2.05) is 19.0 Å². The highest BCUT2D eigenvalue weighted by molar-refractivity contribution is 6.31. The van der Waals surface area contributed by atoms with Gasteiger partial charge in [0, 0.05) is 18.1 Å². The summed E-state index contributed by atoms with van der Waals surface area (Å²) in [5, 5.41) is 7.10. The number of carbonyl (C=O) groups excluding carboxylic acids is 1. The fourth-order valence-electron chi connectivity index (χ4n) is 2.93. The summed E-state index contributed by atoms with van der Waals surface area (Å²) >= 11 is 6.20. The molecular formula is C22H23ClFN5O3. The van der Waals surface area contributed by atoms with Gasteiger partial charge in [0.15, 0.2) is 0 Å². The fraction of sp³-hybridized carbons (Fsp3) is 0.273. The Hall–Kier alpha value is -3.30. The van der Waals surface area contributed by atoms with Gasteiger partial charge < -0.3 is 10.2 Å². The van der Waals surface area contributed by atoms with E-state index in [1.165, 1.54) is 30.3 Å². The van der Waals surface area contributed by atoms with Crippen LogP contribution in [0.5, 0.6) is 0 Å². The summed E-state index contributed by atoms with van der Waals surface area (Å²) in [5.41, 5.74) is -0.391. The minimum Gasteiger partial charge on any atom is -0.349 e. The van der Waals surface area contributed by atoms with Gasteiger partial charge in [-0.25, -0.2) is 9.18 Å². The van der Waals surface area contributed by atoms with E-state index in [1.54, 1.807) is 19.1 Å². The molecule has 8 nitrogen and oxygen atoms in total. The van der Waals surface area contributed by atoms with E-state index in [4.69, 9.17) is 11.6 Å². The Kier molecular flexibility index (Phi) is 7.22. The van der Waals surface area contributed by atoms with Crippen molar-refractivity contribution in [2.75, 3.05) is 27.2 Å². The van der Waals surface area contributed by atoms with Crippen molar-refractivity contribution in [2.24, 2.45) is 0 Å². The van der Waals surface area contributed by atoms with E-state index >= 15 is 0 Å². The number of rotatable bonds is 7. The van der Waals surface area contributed by atoms with Crippen LogP contribution in [-0.4, -0.2) is 52.3 Å². The maximum Gasteiger partial charge on any atom is 0.352 e. The number of aromatic nitrogens is 3. The molecule has 0 saturated carbocycles. The average Bonchev–Trinajstić information content (AvgIpc) is 2.74. The van der Waals surface area contributed by atoms with E-state index in [9.17, 15) is 18.8 Å². The number of aryl methyl sites for hydroxylation is 1. The molecule has 1 amide bonds. The third kappa shape index (κ3) is 5.30. The van der Waals surface area contributed by atoms with Crippen LogP contribution >= 0.6 is 11.6 Å². The second kappa shape index (κ2) is 9.88. The predicted molar refractivity (Wildman–Crippen MR) is 120 cm³/mol. The number of benzene rings is 2. The molecule has 3 aromatic rings. The Balaban J connectivity index is 2.12. The van der Waals surface area contributed by atoms with Crippen LogP contribution in [0.1, 0.15) is 21.6 Å². The SMILES string of the molecule is Cc1ccc(-n2nc(C(=O)NCCN(C)C)c(=O)n(Cc3ccc(F)cc3)c2=O)cc1Cl. The Labute approximate surface area is 188 Å². The molecule has 0 aliphatic carbocycles. The van der Waals surface area contributed by atoms with Crippen LogP contribution in [0, 0.1) is 12.7 Å². The molecule has 2 aromatic carbocycles. The number of carbonyl (C=O) groups is 1. The first-order chi connectivity index (χ1) is 15.2. The van der Waals surface area contributed by atoms with Crippen LogP contribution in [-0.2, 0) is 6.54 Å². The lowest BCUT2D eigenvalue weighted by molar-refractivity contribution is 0.0941. The van der Waals surface area contributed by atoms with Crippen LogP contribution in [0.2, 0.25) is 5.02 Å². The quantitative estimate of drug-likeness (QED) is 0.582. The lowest BCUT2D eigenvalue weighted by Gasteiger charge is -2.14. The molecule has 10 heteroatoms. The number of nitrogens with zero attached hydrogens (tertiary/aromatic N) is 4. The van der Waals surface area contributed by atoms with Crippen molar-refractivity contribution in [1.82, 2.24) is 24.6 Å². The monoisotopic (exact) mass is 459 g/mol. The zero-order valence-corrected chi connectivity index (χ0v) is 18.7. The van der Waals surface area contributed by atoms with Crippen LogP contribution < -0.4 is 16.6 Å². The van der Waals surface area contributed by atoms with Gasteiger partial charge in [0.1, 0.15) is 5.82 Å². The van der Waals surface area contributed by atoms with Gasteiger partial charge in [-0.15, -0.1) is 0 Å². The van der Waals surface area contributed by atoms with Crippen molar-refractivity contribution in [1.29, 1.82) is 0 Å². The van der Waals surface area contributed by atoms with Crippen LogP contribution in [0.15, 0.2) is 52.1 Å². The van der Waals surface area contributed by atoms with Crippen LogP contribution in [0.4, 0.5) is 4.39 Å². The van der Waals surface area contributed by atoms with Gasteiger partial charge in [0.2, 0.25) is 5.69 Å². The molecule has 0 spiro atoms. The van der Waals surface area contributed by atoms with E-state index in [0.29, 0.717) is 29.4 Å². The maximum absolute atomic E-state index is 13.3. The molecule has 0 bridgehead atoms. The topological polar surface area (TPSA) is 89.2 Å². The third-order valence-electron chi connectivity index (χ3n) is 4.77. The van der Waals surface area contributed by atoms with Gasteiger partial charge in [0.25, 0.3) is 11.5 Å². The molecule has 0 atom stereocenters. The Morgan fingerprint density at radius 2 is 1.84 bits per heavy atom. The smallest absolute Gasteiger partial charge is 0.349 e. The van der Waals surface area contributed by atoms with Gasteiger partial charge in [-0.05, 0) is 56.4 Å². The molecular weight excluding hydrogens is 437 g/mol. The summed E-state index contributed by atoms with van der Waals surface area (Å²) in [7, 11) is 3.70. The third-order valence-corrected chi connectivity index (χ3v) is 5.18. The molecule has 0 radical (unpaired) electrons. The van der Waals surface area contributed by atoms with Gasteiger partial charge in [0.05, 0.1) is 12.2 Å². The highest BCUT2D eigenvalue weighted by atomic mass is 35.5. The second-order valence-electron chi connectivity index (χ2n) is 7.55. The summed E-state index contributed by atoms with van der Waals surface area (Å²) in [4.78, 5) is 40.8. The molecule has 1 aromatic heterocycles. The van der Waals surface area contributed by atoms with Crippen molar-refractivity contribution < 1.29 is 9.18 Å². The number of likely N-dealkylation sites (N-methyl/N-ethyl adjacent to an activating group) is 1. The molecule has 0 aliphatic rings. The summed E-state index contributed by atoms with van der Waals surface area (Å²) in [5.74, 6) is -1.14. The first-order valence-electron chi connectivity index (χ1n) is 9.85. The zero-order chi connectivity index (χ0) is 23.4. The Morgan fingerprint density at radius 3 is 2.47 bits per heavy atom. The Bertz CT molecular complexity index is 1250. The van der Waals surface area contributed by atoms with Gasteiger partial charge >= 0.3 is 5.69 Å². The standard InChI is InChI=1S/C22H23ClFN5O3/c1-14-4-9-17(12-18(14)23)29-22(32)28(13-15-5-7-16(24)8-6-15)21(31)19(26-29)20(30)25-10-11-27(2)3/h4-9,12H,10-11,13H2,1-3H3,(H,25,30). The highest BCUT2D eigenvalue weighted by Crippen LogP contribution is 2.18. The number of hydrogen-bond acceptors (Lipinski definition) is 5. The minimum atomic E-state index is -0.837. The van der Waals surface area contributed by atoms with Gasteiger partial charge in [-0.3, -0.25) is 14.2 Å². The molecule has 0 aliphatic heterocycles. The maximum atomic E-state index is 13.3. The van der Waals surface area contributed by atoms with Crippen molar-refractivity contribution in [3.63, 3.8) is 0 Å². The van der Waals surface area contributed by atoms with Gasteiger partial charge in [-0.2, -0.15) is 9.78 Å². The summed E-state index contributed by atoms with van der Waals surface area (Å²) < 4.78 is 15.1. The molecule has 1 heterocycles. The van der Waals surface area contributed by atoms with E-state index in [-0.39, 0.29) is 6.54 Å². The van der Waals surface area contributed by atoms with E-state index in [2.05, 4.69) is 10.4 Å². The van der Waals surface area contributed by atoms with Gasteiger partial charge in [-0.1, -0.05) is 29.8 Å². The first-order valence-corrected chi connectivity index (χ1v) is 10.2. The fourth-order valence-corrected chi connectivity index (χ4v) is 3.10. The number of nitrogens with one attached hydrogen (secondary N) is 1. The molecule has 1 N–H and O–H groups in total. The van der Waals surface area contributed by atoms with Crippen molar-refractivity contribution in [2.45, 2.75) is 13.5 Å². The summed E-state index contributed by atoms with van der Waals surface area (Å²) in [6, 6.07) is 10.3. The van der Waals surface area contributed by atoms with Crippen molar-refractivity contribution in [3.05, 3.63) is 91.0 Å². The van der Waals surface area contributed by atoms with Crippen LogP contribution in [0.25, 0.3) is 5.69 Å². The minimum absolute atomic E-state index is 0.155. The number of amides is 1. The Morgan fingerprint density at radius 1 is 1.16 bits per heavy atom. The average molecular weight is 460 g/mol. The predicted octanol–water partition coefficient (Wildman–Crippen LogP) is 1.83. The normalized spacial score (nSPS) is 11.1. The van der Waals surface area contributed by atoms with E-state index < -0.39 is 28.7 Å². The van der Waals surface area contributed by atoms with Crippen LogP contribution in [0.3, 0.4) is 0 Å². The molecule has 168 valence electrons. The largest absolute Gasteiger partial charge is 0.352 e. The zero-order valence-electron chi connectivity index (χ0n) is 17.9. The van der Waals surface area contributed by atoms with Crippen molar-refractivity contribution in [3.8, 4) is 5.69 Å². The lowest BCUT2D eigenvalue weighted by atomic mass is 10.2. The number of halogens is 2.